The Balaban J connectivity index is 1.94. The van der Waals surface area contributed by atoms with Crippen molar-refractivity contribution in [1.82, 2.24) is 10.1 Å². The summed E-state index contributed by atoms with van der Waals surface area (Å²) in [6, 6.07) is 9.87. The molecule has 19 heavy (non-hydrogen) atoms. The molecule has 2 N–H and O–H groups in total. The molecule has 0 spiro atoms. The van der Waals surface area contributed by atoms with E-state index in [2.05, 4.69) is 10.1 Å². The van der Waals surface area contributed by atoms with Gasteiger partial charge in [-0.3, -0.25) is 0 Å². The number of anilines is 1. The molecule has 6 heteroatoms. The SMILES string of the molecule is CSc1ccc(-c2noc(-c3sccc3N)n2)cc1. The first-order valence-electron chi connectivity index (χ1n) is 5.59. The van der Waals surface area contributed by atoms with Crippen molar-refractivity contribution in [2.24, 2.45) is 0 Å². The summed E-state index contributed by atoms with van der Waals surface area (Å²) in [6.07, 6.45) is 2.04. The Kier molecular flexibility index (Phi) is 3.27. The number of nitrogens with zero attached hydrogens (tertiary/aromatic N) is 2. The second-order valence-electron chi connectivity index (χ2n) is 3.86. The minimum absolute atomic E-state index is 0.469. The maximum Gasteiger partial charge on any atom is 0.270 e. The molecule has 3 aromatic rings. The summed E-state index contributed by atoms with van der Waals surface area (Å²) in [5, 5.41) is 5.90. The average molecular weight is 289 g/mol. The summed E-state index contributed by atoms with van der Waals surface area (Å²) in [5.41, 5.74) is 7.44. The summed E-state index contributed by atoms with van der Waals surface area (Å²) < 4.78 is 5.26. The van der Waals surface area contributed by atoms with Crippen LogP contribution in [0.3, 0.4) is 0 Å². The van der Waals surface area contributed by atoms with Crippen LogP contribution in [0.5, 0.6) is 0 Å². The number of nitrogen functional groups attached to an aromatic ring is 1. The van der Waals surface area contributed by atoms with Crippen LogP contribution in [0.4, 0.5) is 5.69 Å². The number of aromatic nitrogens is 2. The molecule has 4 nitrogen and oxygen atoms in total. The zero-order valence-corrected chi connectivity index (χ0v) is 11.8. The maximum atomic E-state index is 5.84. The fourth-order valence-corrected chi connectivity index (χ4v) is 2.81. The third-order valence-electron chi connectivity index (χ3n) is 2.66. The fourth-order valence-electron chi connectivity index (χ4n) is 1.67. The Morgan fingerprint density at radius 3 is 2.63 bits per heavy atom. The highest BCUT2D eigenvalue weighted by atomic mass is 32.2. The van der Waals surface area contributed by atoms with Crippen LogP contribution in [-0.4, -0.2) is 16.4 Å². The first-order valence-corrected chi connectivity index (χ1v) is 7.70. The zero-order chi connectivity index (χ0) is 13.2. The van der Waals surface area contributed by atoms with Crippen molar-refractivity contribution in [3.63, 3.8) is 0 Å². The molecular formula is C13H11N3OS2. The number of thioether (sulfide) groups is 1. The van der Waals surface area contributed by atoms with Gasteiger partial charge in [0.25, 0.3) is 5.89 Å². The van der Waals surface area contributed by atoms with Crippen LogP contribution in [0.1, 0.15) is 0 Å². The van der Waals surface area contributed by atoms with Gasteiger partial charge in [-0.1, -0.05) is 5.16 Å². The Bertz CT molecular complexity index is 688. The molecule has 0 amide bonds. The Morgan fingerprint density at radius 1 is 1.21 bits per heavy atom. The molecule has 0 aliphatic carbocycles. The van der Waals surface area contributed by atoms with Crippen LogP contribution in [0.2, 0.25) is 0 Å². The predicted molar refractivity (Wildman–Crippen MR) is 79.2 cm³/mol. The minimum Gasteiger partial charge on any atom is -0.397 e. The molecule has 0 bridgehead atoms. The predicted octanol–water partition coefficient (Wildman–Crippen LogP) is 3.77. The van der Waals surface area contributed by atoms with Crippen LogP contribution in [0.15, 0.2) is 45.1 Å². The van der Waals surface area contributed by atoms with Gasteiger partial charge in [0, 0.05) is 10.5 Å². The first kappa shape index (κ1) is 12.3. The van der Waals surface area contributed by atoms with Gasteiger partial charge < -0.3 is 10.3 Å². The molecule has 0 aliphatic heterocycles. The lowest BCUT2D eigenvalue weighted by Gasteiger charge is -1.96. The highest BCUT2D eigenvalue weighted by Crippen LogP contribution is 2.31. The van der Waals surface area contributed by atoms with E-state index in [9.17, 15) is 0 Å². The van der Waals surface area contributed by atoms with Crippen molar-refractivity contribution in [1.29, 1.82) is 0 Å². The van der Waals surface area contributed by atoms with E-state index in [4.69, 9.17) is 10.3 Å². The summed E-state index contributed by atoms with van der Waals surface area (Å²) in [4.78, 5) is 6.41. The molecule has 0 saturated heterocycles. The standard InChI is InChI=1S/C13H11N3OS2/c1-18-9-4-2-8(3-5-9)12-15-13(17-16-12)11-10(14)6-7-19-11/h2-7H,14H2,1H3. The van der Waals surface area contributed by atoms with E-state index < -0.39 is 0 Å². The van der Waals surface area contributed by atoms with E-state index in [-0.39, 0.29) is 0 Å². The largest absolute Gasteiger partial charge is 0.397 e. The van der Waals surface area contributed by atoms with E-state index in [0.717, 1.165) is 10.4 Å². The van der Waals surface area contributed by atoms with Crippen LogP contribution in [-0.2, 0) is 0 Å². The second kappa shape index (κ2) is 5.07. The van der Waals surface area contributed by atoms with Crippen molar-refractivity contribution in [2.75, 3.05) is 12.0 Å². The summed E-state index contributed by atoms with van der Waals surface area (Å²) in [7, 11) is 0. The molecule has 96 valence electrons. The molecule has 0 atom stereocenters. The van der Waals surface area contributed by atoms with Crippen molar-refractivity contribution in [3.8, 4) is 22.2 Å². The van der Waals surface area contributed by atoms with Gasteiger partial charge in [-0.05, 0) is 42.0 Å². The molecule has 0 unspecified atom stereocenters. The first-order chi connectivity index (χ1) is 9.28. The zero-order valence-electron chi connectivity index (χ0n) is 10.2. The molecule has 0 radical (unpaired) electrons. The molecule has 1 aromatic carbocycles. The van der Waals surface area contributed by atoms with Gasteiger partial charge in [0.2, 0.25) is 5.82 Å². The van der Waals surface area contributed by atoms with Gasteiger partial charge in [-0.2, -0.15) is 4.98 Å². The van der Waals surface area contributed by atoms with E-state index >= 15 is 0 Å². The molecule has 0 fully saturated rings. The van der Waals surface area contributed by atoms with Gasteiger partial charge >= 0.3 is 0 Å². The summed E-state index contributed by atoms with van der Waals surface area (Å²) >= 11 is 3.19. The van der Waals surface area contributed by atoms with E-state index in [0.29, 0.717) is 17.4 Å². The normalized spacial score (nSPS) is 10.8. The Morgan fingerprint density at radius 2 is 2.00 bits per heavy atom. The van der Waals surface area contributed by atoms with E-state index in [1.807, 2.05) is 42.0 Å². The molecule has 0 aliphatic rings. The van der Waals surface area contributed by atoms with Crippen LogP contribution in [0, 0.1) is 0 Å². The van der Waals surface area contributed by atoms with Crippen molar-refractivity contribution in [3.05, 3.63) is 35.7 Å². The van der Waals surface area contributed by atoms with Gasteiger partial charge in [0.1, 0.15) is 4.88 Å². The van der Waals surface area contributed by atoms with Gasteiger partial charge in [0.15, 0.2) is 0 Å². The number of hydrogen-bond donors (Lipinski definition) is 1. The smallest absolute Gasteiger partial charge is 0.270 e. The maximum absolute atomic E-state index is 5.84. The average Bonchev–Trinajstić information content (AvgIpc) is 3.07. The number of nitrogens with two attached hydrogens (primary N) is 1. The molecule has 2 heterocycles. The lowest BCUT2D eigenvalue weighted by molar-refractivity contribution is 0.433. The topological polar surface area (TPSA) is 64.9 Å². The second-order valence-corrected chi connectivity index (χ2v) is 5.65. The monoisotopic (exact) mass is 289 g/mol. The minimum atomic E-state index is 0.469. The third-order valence-corrected chi connectivity index (χ3v) is 4.33. The van der Waals surface area contributed by atoms with Crippen molar-refractivity contribution >= 4 is 28.8 Å². The molecular weight excluding hydrogens is 278 g/mol. The van der Waals surface area contributed by atoms with Gasteiger partial charge in [-0.25, -0.2) is 0 Å². The highest BCUT2D eigenvalue weighted by Gasteiger charge is 2.13. The quantitative estimate of drug-likeness (QED) is 0.743. The number of hydrogen-bond acceptors (Lipinski definition) is 6. The molecule has 3 rings (SSSR count). The Labute approximate surface area is 118 Å². The number of thiophene rings is 1. The number of benzene rings is 1. The van der Waals surface area contributed by atoms with Crippen molar-refractivity contribution in [2.45, 2.75) is 4.90 Å². The van der Waals surface area contributed by atoms with Crippen LogP contribution >= 0.6 is 23.1 Å². The Hall–Kier alpha value is -1.79. The van der Waals surface area contributed by atoms with Gasteiger partial charge in [-0.15, -0.1) is 23.1 Å². The molecule has 2 aromatic heterocycles. The lowest BCUT2D eigenvalue weighted by Crippen LogP contribution is -1.84. The van der Waals surface area contributed by atoms with Crippen LogP contribution in [0.25, 0.3) is 22.2 Å². The fraction of sp³-hybridized carbons (Fsp3) is 0.0769. The summed E-state index contributed by atoms with van der Waals surface area (Å²) in [5.74, 6) is 1.05. The van der Waals surface area contributed by atoms with E-state index in [1.165, 1.54) is 16.2 Å². The van der Waals surface area contributed by atoms with E-state index in [1.54, 1.807) is 11.8 Å². The number of rotatable bonds is 3. The molecule has 0 saturated carbocycles. The van der Waals surface area contributed by atoms with Crippen molar-refractivity contribution < 1.29 is 4.52 Å². The third kappa shape index (κ3) is 2.36. The van der Waals surface area contributed by atoms with Gasteiger partial charge in [0.05, 0.1) is 5.69 Å². The highest BCUT2D eigenvalue weighted by molar-refractivity contribution is 7.98. The van der Waals surface area contributed by atoms with Crippen LogP contribution < -0.4 is 5.73 Å². The summed E-state index contributed by atoms with van der Waals surface area (Å²) in [6.45, 7) is 0. The lowest BCUT2D eigenvalue weighted by atomic mass is 10.2.